The zero-order chi connectivity index (χ0) is 18.1. The van der Waals surface area contributed by atoms with Crippen LogP contribution >= 0.6 is 0 Å². The Morgan fingerprint density at radius 2 is 2.00 bits per heavy atom. The van der Waals surface area contributed by atoms with Gasteiger partial charge in [0.25, 0.3) is 5.91 Å². The molecule has 2 amide bonds. The molecule has 1 fully saturated rings. The molecule has 0 atom stereocenters. The van der Waals surface area contributed by atoms with Crippen LogP contribution in [0.3, 0.4) is 0 Å². The first-order valence-electron chi connectivity index (χ1n) is 9.15. The maximum atomic E-state index is 13.2. The predicted molar refractivity (Wildman–Crippen MR) is 94.8 cm³/mol. The molecule has 0 spiro atoms. The molecule has 2 heterocycles. The minimum absolute atomic E-state index is 0.0512. The van der Waals surface area contributed by atoms with Gasteiger partial charge in [-0.05, 0) is 30.5 Å². The van der Waals surface area contributed by atoms with Gasteiger partial charge < -0.3 is 14.4 Å². The molecule has 138 valence electrons. The summed E-state index contributed by atoms with van der Waals surface area (Å²) in [5.41, 5.74) is 1.48. The lowest BCUT2D eigenvalue weighted by Crippen LogP contribution is -2.44. The monoisotopic (exact) mass is 357 g/mol. The zero-order valence-electron chi connectivity index (χ0n) is 14.9. The summed E-state index contributed by atoms with van der Waals surface area (Å²) in [6.07, 6.45) is 5.05. The third-order valence-corrected chi connectivity index (χ3v) is 5.27. The molecule has 0 bridgehead atoms. The second-order valence-corrected chi connectivity index (χ2v) is 7.02. The second kappa shape index (κ2) is 6.97. The fraction of sp³-hybridized carbons (Fsp3) is 0.526. The van der Waals surface area contributed by atoms with Gasteiger partial charge in [0.1, 0.15) is 5.71 Å². The Morgan fingerprint density at radius 3 is 2.77 bits per heavy atom. The number of hydrogen-bond donors (Lipinski definition) is 0. The topological polar surface area (TPSA) is 71.4 Å². The summed E-state index contributed by atoms with van der Waals surface area (Å²) in [5.74, 6) is 1.35. The number of rotatable bonds is 4. The van der Waals surface area contributed by atoms with Crippen molar-refractivity contribution in [2.75, 3.05) is 13.8 Å². The number of hydrazone groups is 1. The number of benzene rings is 1. The third-order valence-electron chi connectivity index (χ3n) is 5.27. The Kier molecular flexibility index (Phi) is 4.53. The minimum Gasteiger partial charge on any atom is -0.454 e. The SMILES string of the molecule is CN1N=C(C(=O)N(Cc2ccc3c(c2)OCO3)C2CCCC2)CCC1=O. The first-order valence-corrected chi connectivity index (χ1v) is 9.15. The van der Waals surface area contributed by atoms with Gasteiger partial charge in [-0.15, -0.1) is 0 Å². The van der Waals surface area contributed by atoms with E-state index in [9.17, 15) is 9.59 Å². The summed E-state index contributed by atoms with van der Waals surface area (Å²) in [6.45, 7) is 0.748. The smallest absolute Gasteiger partial charge is 0.270 e. The van der Waals surface area contributed by atoms with E-state index in [0.717, 1.165) is 42.7 Å². The highest BCUT2D eigenvalue weighted by Crippen LogP contribution is 2.34. The first-order chi connectivity index (χ1) is 12.6. The van der Waals surface area contributed by atoms with E-state index in [1.165, 1.54) is 5.01 Å². The van der Waals surface area contributed by atoms with E-state index < -0.39 is 0 Å². The van der Waals surface area contributed by atoms with Crippen LogP contribution in [0.25, 0.3) is 0 Å². The predicted octanol–water partition coefficient (Wildman–Crippen LogP) is 2.29. The molecule has 3 aliphatic rings. The highest BCUT2D eigenvalue weighted by Gasteiger charge is 2.32. The van der Waals surface area contributed by atoms with Crippen LogP contribution in [0.5, 0.6) is 11.5 Å². The van der Waals surface area contributed by atoms with Crippen LogP contribution in [0.4, 0.5) is 0 Å². The Bertz CT molecular complexity index is 755. The summed E-state index contributed by atoms with van der Waals surface area (Å²) < 4.78 is 10.8. The summed E-state index contributed by atoms with van der Waals surface area (Å²) in [6, 6.07) is 6.02. The van der Waals surface area contributed by atoms with E-state index in [1.807, 2.05) is 23.1 Å². The zero-order valence-corrected chi connectivity index (χ0v) is 14.9. The van der Waals surface area contributed by atoms with Gasteiger partial charge in [-0.3, -0.25) is 9.59 Å². The quantitative estimate of drug-likeness (QED) is 0.829. The second-order valence-electron chi connectivity index (χ2n) is 7.02. The van der Waals surface area contributed by atoms with Crippen molar-refractivity contribution in [1.29, 1.82) is 0 Å². The molecule has 0 unspecified atom stereocenters. The van der Waals surface area contributed by atoms with Crippen LogP contribution in [-0.2, 0) is 16.1 Å². The molecule has 0 aromatic heterocycles. The molecule has 0 radical (unpaired) electrons. The van der Waals surface area contributed by atoms with Gasteiger partial charge in [-0.2, -0.15) is 5.10 Å². The molecule has 1 aromatic rings. The van der Waals surface area contributed by atoms with Crippen LogP contribution in [0.1, 0.15) is 44.1 Å². The molecule has 1 aromatic carbocycles. The number of fused-ring (bicyclic) bond motifs is 1. The van der Waals surface area contributed by atoms with Gasteiger partial charge in [0, 0.05) is 32.5 Å². The fourth-order valence-corrected chi connectivity index (χ4v) is 3.81. The van der Waals surface area contributed by atoms with Crippen molar-refractivity contribution in [3.8, 4) is 11.5 Å². The van der Waals surface area contributed by atoms with Crippen molar-refractivity contribution >= 4 is 17.5 Å². The maximum Gasteiger partial charge on any atom is 0.270 e. The summed E-state index contributed by atoms with van der Waals surface area (Å²) in [4.78, 5) is 26.8. The molecule has 0 N–H and O–H groups in total. The van der Waals surface area contributed by atoms with Crippen molar-refractivity contribution in [1.82, 2.24) is 9.91 Å². The summed E-state index contributed by atoms with van der Waals surface area (Å²) in [5, 5.41) is 5.50. The summed E-state index contributed by atoms with van der Waals surface area (Å²) >= 11 is 0. The fourth-order valence-electron chi connectivity index (χ4n) is 3.81. The average Bonchev–Trinajstić information content (AvgIpc) is 3.32. The molecule has 1 saturated carbocycles. The lowest BCUT2D eigenvalue weighted by molar-refractivity contribution is -0.131. The van der Waals surface area contributed by atoms with E-state index in [-0.39, 0.29) is 24.6 Å². The van der Waals surface area contributed by atoms with Crippen LogP contribution in [0.2, 0.25) is 0 Å². The standard InChI is InChI=1S/C19H23N3O4/c1-21-18(23)9-7-15(20-21)19(24)22(14-4-2-3-5-14)11-13-6-8-16-17(10-13)26-12-25-16/h6,8,10,14H,2-5,7,9,11-12H2,1H3. The summed E-state index contributed by atoms with van der Waals surface area (Å²) in [7, 11) is 1.60. The molecular weight excluding hydrogens is 334 g/mol. The normalized spacial score (nSPS) is 19.7. The van der Waals surface area contributed by atoms with Crippen LogP contribution in [-0.4, -0.2) is 47.3 Å². The van der Waals surface area contributed by atoms with Gasteiger partial charge in [-0.25, -0.2) is 5.01 Å². The van der Waals surface area contributed by atoms with Crippen molar-refractivity contribution in [3.05, 3.63) is 23.8 Å². The molecule has 2 aliphatic heterocycles. The number of carbonyl (C=O) groups excluding carboxylic acids is 2. The Labute approximate surface area is 152 Å². The average molecular weight is 357 g/mol. The maximum absolute atomic E-state index is 13.2. The van der Waals surface area contributed by atoms with Crippen molar-refractivity contribution in [2.24, 2.45) is 5.10 Å². The number of nitrogens with zero attached hydrogens (tertiary/aromatic N) is 3. The minimum atomic E-state index is -0.0612. The van der Waals surface area contributed by atoms with E-state index in [4.69, 9.17) is 9.47 Å². The number of carbonyl (C=O) groups is 2. The third kappa shape index (κ3) is 3.25. The Morgan fingerprint density at radius 1 is 1.23 bits per heavy atom. The highest BCUT2D eigenvalue weighted by molar-refractivity contribution is 6.39. The molecule has 0 saturated heterocycles. The molecule has 1 aliphatic carbocycles. The first kappa shape index (κ1) is 16.9. The van der Waals surface area contributed by atoms with E-state index in [2.05, 4.69) is 5.10 Å². The largest absolute Gasteiger partial charge is 0.454 e. The van der Waals surface area contributed by atoms with Crippen LogP contribution in [0, 0.1) is 0 Å². The molecule has 7 nitrogen and oxygen atoms in total. The lowest BCUT2D eigenvalue weighted by atomic mass is 10.1. The number of ether oxygens (including phenoxy) is 2. The van der Waals surface area contributed by atoms with E-state index >= 15 is 0 Å². The van der Waals surface area contributed by atoms with Gasteiger partial charge in [0.2, 0.25) is 12.7 Å². The Hall–Kier alpha value is -2.57. The molecular formula is C19H23N3O4. The Balaban J connectivity index is 1.57. The molecule has 26 heavy (non-hydrogen) atoms. The molecule has 4 rings (SSSR count). The number of amides is 2. The van der Waals surface area contributed by atoms with Crippen LogP contribution < -0.4 is 9.47 Å². The molecule has 7 heteroatoms. The van der Waals surface area contributed by atoms with Gasteiger partial charge >= 0.3 is 0 Å². The van der Waals surface area contributed by atoms with Crippen molar-refractivity contribution in [2.45, 2.75) is 51.1 Å². The van der Waals surface area contributed by atoms with Crippen molar-refractivity contribution < 1.29 is 19.1 Å². The van der Waals surface area contributed by atoms with E-state index in [0.29, 0.717) is 25.1 Å². The van der Waals surface area contributed by atoms with Gasteiger partial charge in [0.15, 0.2) is 11.5 Å². The van der Waals surface area contributed by atoms with Crippen LogP contribution in [0.15, 0.2) is 23.3 Å². The van der Waals surface area contributed by atoms with E-state index in [1.54, 1.807) is 7.05 Å². The van der Waals surface area contributed by atoms with Gasteiger partial charge in [0.05, 0.1) is 0 Å². The lowest BCUT2D eigenvalue weighted by Gasteiger charge is -2.31. The van der Waals surface area contributed by atoms with Gasteiger partial charge in [-0.1, -0.05) is 18.9 Å². The number of hydrogen-bond acceptors (Lipinski definition) is 5. The van der Waals surface area contributed by atoms with Crippen molar-refractivity contribution in [3.63, 3.8) is 0 Å². The highest BCUT2D eigenvalue weighted by atomic mass is 16.7.